The van der Waals surface area contributed by atoms with Crippen LogP contribution in [0, 0.1) is 0 Å². The molecule has 0 radical (unpaired) electrons. The molecule has 0 aliphatic carbocycles. The minimum absolute atomic E-state index is 1.23. The van der Waals surface area contributed by atoms with E-state index >= 15 is 0 Å². The second-order valence-corrected chi connectivity index (χ2v) is 10.0. The van der Waals surface area contributed by atoms with Gasteiger partial charge in [0.1, 0.15) is 0 Å². The third-order valence-electron chi connectivity index (χ3n) is 3.44. The number of benzene rings is 1. The molecule has 82 valence electrons. The van der Waals surface area contributed by atoms with Crippen molar-refractivity contribution in [2.75, 3.05) is 0 Å². The van der Waals surface area contributed by atoms with Crippen LogP contribution in [-0.2, 0) is 0 Å². The van der Waals surface area contributed by atoms with E-state index in [1.807, 2.05) is 6.20 Å². The molecule has 2 rings (SSSR count). The predicted octanol–water partition coefficient (Wildman–Crippen LogP) is 2.79. The first-order chi connectivity index (χ1) is 8.13. The van der Waals surface area contributed by atoms with Crippen molar-refractivity contribution in [1.29, 1.82) is 0 Å². The molecule has 0 saturated heterocycles. The molecule has 0 unspecified atom stereocenters. The number of pyridine rings is 1. The summed E-state index contributed by atoms with van der Waals surface area (Å²) in [5.74, 6) is 0. The van der Waals surface area contributed by atoms with Crippen LogP contribution in [0.25, 0.3) is 11.1 Å². The number of hydrogen-bond donors (Lipinski definition) is 0. The first kappa shape index (κ1) is 12.6. The van der Waals surface area contributed by atoms with Crippen molar-refractivity contribution in [1.82, 2.24) is 4.98 Å². The van der Waals surface area contributed by atoms with Gasteiger partial charge in [-0.3, -0.25) is 0 Å². The molecule has 3 heteroatoms. The molecule has 0 aliphatic rings. The van der Waals surface area contributed by atoms with Crippen LogP contribution >= 0.6 is 0 Å². The van der Waals surface area contributed by atoms with Crippen LogP contribution in [0.1, 0.15) is 0 Å². The molecule has 1 heterocycles. The zero-order valence-corrected chi connectivity index (χ0v) is 11.8. The van der Waals surface area contributed by atoms with Crippen molar-refractivity contribution >= 4 is 31.1 Å². The van der Waals surface area contributed by atoms with Gasteiger partial charge in [0, 0.05) is 0 Å². The molecule has 0 spiro atoms. The predicted molar refractivity (Wildman–Crippen MR) is 77.4 cm³/mol. The molecule has 2 aromatic rings. The number of aromatic nitrogens is 1. The van der Waals surface area contributed by atoms with Gasteiger partial charge >= 0.3 is 114 Å². The summed E-state index contributed by atoms with van der Waals surface area (Å²) in [6, 6.07) is 14.9. The van der Waals surface area contributed by atoms with Gasteiger partial charge in [-0.2, -0.15) is 0 Å². The Bertz CT molecular complexity index is 497. The third-order valence-corrected chi connectivity index (χ3v) is 6.87. The Morgan fingerprint density at radius 1 is 1.06 bits per heavy atom. The van der Waals surface area contributed by atoms with E-state index in [1.54, 1.807) is 0 Å². The second-order valence-electron chi connectivity index (χ2n) is 5.03. The maximum absolute atomic E-state index is 4.57. The average Bonchev–Trinajstić information content (AvgIpc) is 2.40. The Balaban J connectivity index is 2.42. The Morgan fingerprint density at radius 3 is 2.41 bits per heavy atom. The van der Waals surface area contributed by atoms with Gasteiger partial charge < -0.3 is 0 Å². The summed E-state index contributed by atoms with van der Waals surface area (Å²) >= 11 is 2.27. The van der Waals surface area contributed by atoms with Crippen LogP contribution < -0.4 is 5.32 Å². The Hall–Kier alpha value is -0.816. The van der Waals surface area contributed by atoms with Crippen molar-refractivity contribution in [3.8, 4) is 11.1 Å². The minimum atomic E-state index is -1.33. The van der Waals surface area contributed by atoms with Gasteiger partial charge in [0.15, 0.2) is 0 Å². The Labute approximate surface area is 114 Å². The SMILES string of the molecule is [Li][CH2][Si](C)(C)c1cc(-c2ccccc2)ccn1. The molecule has 1 aromatic carbocycles. The Morgan fingerprint density at radius 2 is 1.76 bits per heavy atom. The topological polar surface area (TPSA) is 12.9 Å². The fraction of sp³-hybridized carbons (Fsp3) is 0.214. The average molecular weight is 233 g/mol. The van der Waals surface area contributed by atoms with Gasteiger partial charge in [0.05, 0.1) is 0 Å². The Kier molecular flexibility index (Phi) is 3.88. The van der Waals surface area contributed by atoms with Crippen molar-refractivity contribution in [2.45, 2.75) is 17.8 Å². The van der Waals surface area contributed by atoms with Crippen LogP contribution in [-0.4, -0.2) is 30.8 Å². The summed E-state index contributed by atoms with van der Waals surface area (Å²) in [7, 11) is -1.33. The molecule has 1 nitrogen and oxygen atoms in total. The van der Waals surface area contributed by atoms with Crippen LogP contribution in [0.3, 0.4) is 0 Å². The summed E-state index contributed by atoms with van der Waals surface area (Å²) in [6.45, 7) is 4.76. The van der Waals surface area contributed by atoms with Gasteiger partial charge in [-0.1, -0.05) is 0 Å². The molecule has 0 fully saturated rings. The monoisotopic (exact) mass is 233 g/mol. The first-order valence-electron chi connectivity index (χ1n) is 6.15. The van der Waals surface area contributed by atoms with Crippen LogP contribution in [0.5, 0.6) is 0 Å². The van der Waals surface area contributed by atoms with Crippen molar-refractivity contribution in [3.63, 3.8) is 0 Å². The quantitative estimate of drug-likeness (QED) is 0.743. The van der Waals surface area contributed by atoms with Gasteiger partial charge in [-0.05, 0) is 0 Å². The van der Waals surface area contributed by atoms with E-state index in [0.29, 0.717) is 0 Å². The van der Waals surface area contributed by atoms with Gasteiger partial charge in [0.25, 0.3) is 0 Å². The fourth-order valence-electron chi connectivity index (χ4n) is 1.79. The van der Waals surface area contributed by atoms with Gasteiger partial charge in [-0.15, -0.1) is 0 Å². The molecule has 1 aromatic heterocycles. The molecular weight excluding hydrogens is 217 g/mol. The van der Waals surface area contributed by atoms with E-state index in [9.17, 15) is 0 Å². The van der Waals surface area contributed by atoms with Gasteiger partial charge in [-0.25, -0.2) is 0 Å². The summed E-state index contributed by atoms with van der Waals surface area (Å²) < 4.78 is 1.23. The number of rotatable bonds is 3. The normalized spacial score (nSPS) is 11.5. The summed E-state index contributed by atoms with van der Waals surface area (Å²) in [5, 5.41) is 1.31. The standard InChI is InChI=1S/C14H16NSi.Li/c1-16(2,3)14-11-13(9-10-15-14)12-7-5-4-6-8-12;/h4-11H,1H2,2-3H3;. The summed E-state index contributed by atoms with van der Waals surface area (Å²) in [6.07, 6.45) is 1.95. The molecule has 0 N–H and O–H groups in total. The second kappa shape index (κ2) is 5.22. The zero-order chi connectivity index (χ0) is 12.3. The fourth-order valence-corrected chi connectivity index (χ4v) is 3.12. The van der Waals surface area contributed by atoms with Crippen LogP contribution in [0.2, 0.25) is 17.8 Å². The number of nitrogens with zero attached hydrogens (tertiary/aromatic N) is 1. The van der Waals surface area contributed by atoms with E-state index in [4.69, 9.17) is 0 Å². The molecule has 0 bridgehead atoms. The van der Waals surface area contributed by atoms with E-state index < -0.39 is 8.07 Å². The van der Waals surface area contributed by atoms with Crippen LogP contribution in [0.15, 0.2) is 48.7 Å². The molecule has 0 saturated carbocycles. The van der Waals surface area contributed by atoms with Gasteiger partial charge in [0.2, 0.25) is 0 Å². The first-order valence-corrected chi connectivity index (χ1v) is 9.36. The van der Waals surface area contributed by atoms with Crippen molar-refractivity contribution in [3.05, 3.63) is 48.7 Å². The maximum atomic E-state index is 4.57. The molecule has 17 heavy (non-hydrogen) atoms. The van der Waals surface area contributed by atoms with Crippen LogP contribution in [0.4, 0.5) is 0 Å². The van der Waals surface area contributed by atoms with E-state index in [0.717, 1.165) is 0 Å². The third kappa shape index (κ3) is 2.90. The molecular formula is C14H16LiNSi. The van der Waals surface area contributed by atoms with E-state index in [-0.39, 0.29) is 0 Å². The molecule has 0 atom stereocenters. The zero-order valence-electron chi connectivity index (χ0n) is 10.8. The summed E-state index contributed by atoms with van der Waals surface area (Å²) in [5.41, 5.74) is 2.56. The van der Waals surface area contributed by atoms with E-state index in [2.05, 4.69) is 78.3 Å². The van der Waals surface area contributed by atoms with E-state index in [1.165, 1.54) is 21.2 Å². The summed E-state index contributed by atoms with van der Waals surface area (Å²) in [4.78, 5) is 4.57. The molecule has 0 aliphatic heterocycles. The molecule has 0 amide bonds. The number of hydrogen-bond acceptors (Lipinski definition) is 1. The van der Waals surface area contributed by atoms with Crippen molar-refractivity contribution < 1.29 is 0 Å². The van der Waals surface area contributed by atoms with Crippen molar-refractivity contribution in [2.24, 2.45) is 0 Å².